The molecule has 1 aromatic heterocycles. The molecule has 10 heteroatoms. The molecule has 0 aliphatic carbocycles. The van der Waals surface area contributed by atoms with Gasteiger partial charge in [-0.25, -0.2) is 9.79 Å². The molecule has 0 bridgehead atoms. The third-order valence-corrected chi connectivity index (χ3v) is 9.23. The minimum atomic E-state index is -0.397. The Bertz CT molecular complexity index is 1860. The number of hydrogen-bond acceptors (Lipinski definition) is 8. The fourth-order valence-electron chi connectivity index (χ4n) is 5.92. The summed E-state index contributed by atoms with van der Waals surface area (Å²) in [4.78, 5) is 29.6. The zero-order valence-electron chi connectivity index (χ0n) is 27.0. The fraction of sp³-hybridized carbons (Fsp3) is 0.270. The van der Waals surface area contributed by atoms with Crippen LogP contribution in [0.4, 0.5) is 0 Å². The second-order valence-electron chi connectivity index (χ2n) is 10.8. The molecule has 1 saturated heterocycles. The molecule has 8 nitrogen and oxygen atoms in total. The monoisotopic (exact) mass is 671 g/mol. The molecule has 0 saturated carbocycles. The van der Waals surface area contributed by atoms with E-state index in [9.17, 15) is 4.79 Å². The summed E-state index contributed by atoms with van der Waals surface area (Å²) in [6.45, 7) is 12.2. The van der Waals surface area contributed by atoms with Crippen LogP contribution in [0.1, 0.15) is 50.4 Å². The Morgan fingerprint density at radius 1 is 1.00 bits per heavy atom. The topological polar surface area (TPSA) is 82.4 Å². The van der Waals surface area contributed by atoms with Crippen LogP contribution in [0.15, 0.2) is 94.1 Å². The van der Waals surface area contributed by atoms with Crippen LogP contribution in [0.25, 0.3) is 17.0 Å². The average Bonchev–Trinajstić information content (AvgIpc) is 3.64. The van der Waals surface area contributed by atoms with Gasteiger partial charge in [0.1, 0.15) is 6.79 Å². The number of carbonyl (C=O) groups is 2. The molecule has 244 valence electrons. The molecule has 3 heterocycles. The number of benzene rings is 3. The lowest BCUT2D eigenvalue weighted by molar-refractivity contribution is -0.139. The number of thioether (sulfide) groups is 1. The van der Waals surface area contributed by atoms with Gasteiger partial charge >= 0.3 is 5.97 Å². The van der Waals surface area contributed by atoms with E-state index in [0.29, 0.717) is 49.1 Å². The highest BCUT2D eigenvalue weighted by atomic mass is 35.5. The van der Waals surface area contributed by atoms with Crippen molar-refractivity contribution in [1.82, 2.24) is 9.47 Å². The Kier molecular flexibility index (Phi) is 11.1. The van der Waals surface area contributed by atoms with Crippen molar-refractivity contribution >= 4 is 58.3 Å². The van der Waals surface area contributed by atoms with Gasteiger partial charge in [-0.15, -0.1) is 0 Å². The molecule has 2 aliphatic rings. The lowest BCUT2D eigenvalue weighted by Gasteiger charge is -2.34. The predicted octanol–water partition coefficient (Wildman–Crippen LogP) is 8.29. The van der Waals surface area contributed by atoms with Gasteiger partial charge in [0.15, 0.2) is 16.7 Å². The van der Waals surface area contributed by atoms with Crippen molar-refractivity contribution in [2.24, 2.45) is 4.99 Å². The van der Waals surface area contributed by atoms with E-state index in [1.54, 1.807) is 11.8 Å². The van der Waals surface area contributed by atoms with Crippen LogP contribution >= 0.6 is 23.4 Å². The number of aliphatic imine (C=N–C) groups is 1. The van der Waals surface area contributed by atoms with Crippen molar-refractivity contribution < 1.29 is 23.8 Å². The fourth-order valence-corrected chi connectivity index (χ4v) is 7.21. The largest absolute Gasteiger partial charge is 0.490 e. The van der Waals surface area contributed by atoms with E-state index < -0.39 is 6.04 Å². The average molecular weight is 672 g/mol. The third-order valence-electron chi connectivity index (χ3n) is 7.85. The molecule has 0 N–H and O–H groups in total. The first-order chi connectivity index (χ1) is 22.9. The van der Waals surface area contributed by atoms with Crippen LogP contribution in [-0.2, 0) is 20.9 Å². The number of carbonyl (C=O) groups excluding carboxylic acids is 2. The zero-order chi connectivity index (χ0) is 33.5. The third kappa shape index (κ3) is 7.11. The van der Waals surface area contributed by atoms with E-state index in [-0.39, 0.29) is 12.6 Å². The van der Waals surface area contributed by atoms with Crippen molar-refractivity contribution in [3.8, 4) is 11.5 Å². The van der Waals surface area contributed by atoms with Crippen molar-refractivity contribution in [3.05, 3.63) is 111 Å². The predicted molar refractivity (Wildman–Crippen MR) is 190 cm³/mol. The van der Waals surface area contributed by atoms with E-state index >= 15 is 0 Å². The van der Waals surface area contributed by atoms with Gasteiger partial charge in [-0.2, -0.15) is 0 Å². The van der Waals surface area contributed by atoms with Crippen molar-refractivity contribution in [2.75, 3.05) is 26.4 Å². The van der Waals surface area contributed by atoms with Gasteiger partial charge in [0, 0.05) is 39.1 Å². The number of amidine groups is 1. The molecule has 47 heavy (non-hydrogen) atoms. The van der Waals surface area contributed by atoms with Crippen molar-refractivity contribution in [3.63, 3.8) is 0 Å². The van der Waals surface area contributed by atoms with E-state index in [4.69, 9.17) is 35.6 Å². The van der Waals surface area contributed by atoms with E-state index in [1.165, 1.54) is 0 Å². The molecular weight excluding hydrogens is 634 g/mol. The molecule has 0 radical (unpaired) electrons. The highest BCUT2D eigenvalue weighted by molar-refractivity contribution is 8.17. The first-order valence-corrected chi connectivity index (χ1v) is 16.7. The van der Waals surface area contributed by atoms with Crippen molar-refractivity contribution in [2.45, 2.75) is 40.3 Å². The summed E-state index contributed by atoms with van der Waals surface area (Å²) in [5.74, 6) is 0.964. The Morgan fingerprint density at radius 2 is 1.72 bits per heavy atom. The maximum absolute atomic E-state index is 13.4. The van der Waals surface area contributed by atoms with Gasteiger partial charge in [-0.05, 0) is 69.2 Å². The molecule has 4 aromatic rings. The normalized spacial score (nSPS) is 16.4. The number of esters is 1. The van der Waals surface area contributed by atoms with E-state index in [2.05, 4.69) is 52.1 Å². The van der Waals surface area contributed by atoms with Crippen LogP contribution in [0.3, 0.4) is 0 Å². The number of ether oxygens (including phenoxy) is 3. The molecule has 1 fully saturated rings. The Hall–Kier alpha value is -4.47. The van der Waals surface area contributed by atoms with Crippen molar-refractivity contribution in [1.29, 1.82) is 0 Å². The molecule has 1 unspecified atom stereocenters. The van der Waals surface area contributed by atoms with Gasteiger partial charge in [-0.3, -0.25) is 0 Å². The summed E-state index contributed by atoms with van der Waals surface area (Å²) in [7, 11) is 0. The van der Waals surface area contributed by atoms with Gasteiger partial charge in [0.2, 0.25) is 0 Å². The Morgan fingerprint density at radius 3 is 2.47 bits per heavy atom. The molecule has 2 aliphatic heterocycles. The van der Waals surface area contributed by atoms with Gasteiger partial charge in [-0.1, -0.05) is 65.8 Å². The Balaban J connectivity index is 0.00000213. The second kappa shape index (κ2) is 15.4. The Labute approximate surface area is 284 Å². The highest BCUT2D eigenvalue weighted by Crippen LogP contribution is 2.46. The minimum absolute atomic E-state index is 0.282. The smallest absolute Gasteiger partial charge is 0.338 e. The van der Waals surface area contributed by atoms with Crippen LogP contribution in [0.5, 0.6) is 11.5 Å². The lowest BCUT2D eigenvalue weighted by atomic mass is 9.94. The van der Waals surface area contributed by atoms with Crippen LogP contribution in [-0.4, -0.2) is 53.8 Å². The second-order valence-corrected chi connectivity index (χ2v) is 12.3. The number of fused-ring (bicyclic) bond motifs is 2. The number of nitrogens with zero attached hydrogens (tertiary/aromatic N) is 3. The number of halogens is 1. The van der Waals surface area contributed by atoms with Gasteiger partial charge < -0.3 is 28.5 Å². The number of allylic oxidation sites excluding steroid dienone is 1. The summed E-state index contributed by atoms with van der Waals surface area (Å²) < 4.78 is 19.6. The molecule has 0 amide bonds. The maximum atomic E-state index is 13.4. The molecular formula is C37H38ClN3O5S. The minimum Gasteiger partial charge on any atom is -0.490 e. The lowest BCUT2D eigenvalue weighted by Crippen LogP contribution is -2.36. The number of para-hydroxylation sites is 1. The summed E-state index contributed by atoms with van der Waals surface area (Å²) in [5, 5.41) is 2.77. The van der Waals surface area contributed by atoms with Crippen LogP contribution < -0.4 is 9.47 Å². The molecule has 3 aromatic carbocycles. The van der Waals surface area contributed by atoms with E-state index in [0.717, 1.165) is 42.7 Å². The number of hydrogen-bond donors (Lipinski definition) is 0. The summed E-state index contributed by atoms with van der Waals surface area (Å²) >= 11 is 8.15. The molecule has 1 atom stereocenters. The van der Waals surface area contributed by atoms with Crippen LogP contribution in [0.2, 0.25) is 5.02 Å². The summed E-state index contributed by atoms with van der Waals surface area (Å²) in [6, 6.07) is 21.9. The standard InChI is InChI=1S/C36H36ClN3O4S.CH2O/c1-5-42-31-17-16-24(19-32(31)43-6-2)34-33(35(41)44-7-3)23(4)38-36-40(34)22-27(45-36)18-26-21-39(30-15-11-9-13-28(26)30)20-25-12-8-10-14-29(25)37;1-2/h8-19,21,34H,5-7,20,22H2,1-4H3;1H2/b27-18-;. The van der Waals surface area contributed by atoms with Gasteiger partial charge in [0.25, 0.3) is 0 Å². The van der Waals surface area contributed by atoms with E-state index in [1.807, 2.05) is 70.9 Å². The number of aromatic nitrogens is 1. The maximum Gasteiger partial charge on any atom is 0.338 e. The van der Waals surface area contributed by atoms with Gasteiger partial charge in [0.05, 0.1) is 43.7 Å². The van der Waals surface area contributed by atoms with Crippen LogP contribution in [0, 0.1) is 0 Å². The summed E-state index contributed by atoms with van der Waals surface area (Å²) in [5.41, 5.74) is 5.42. The first kappa shape index (κ1) is 33.9. The zero-order valence-corrected chi connectivity index (χ0v) is 28.6. The molecule has 0 spiro atoms. The first-order valence-electron chi connectivity index (χ1n) is 15.5. The number of rotatable bonds is 10. The molecule has 6 rings (SSSR count). The quantitative estimate of drug-likeness (QED) is 0.157. The summed E-state index contributed by atoms with van der Waals surface area (Å²) in [6.07, 6.45) is 4.42. The highest BCUT2D eigenvalue weighted by Gasteiger charge is 2.41. The SMILES string of the molecule is C=O.CCOC(=O)C1=C(C)N=C2S/C(=C\c3cn(Cc4ccccc4Cl)c4ccccc34)CN2C1c1ccc(OCC)c(OCC)c1.